The molecular formula is C13H9F3N4O. The Morgan fingerprint density at radius 3 is 2.48 bits per heavy atom. The van der Waals surface area contributed by atoms with Crippen molar-refractivity contribution in [2.24, 2.45) is 0 Å². The Hall–Kier alpha value is -2.64. The number of nitrogens with zero attached hydrogens (tertiary/aromatic N) is 3. The molecule has 0 fully saturated rings. The lowest BCUT2D eigenvalue weighted by Gasteiger charge is -2.08. The van der Waals surface area contributed by atoms with Crippen molar-refractivity contribution >= 4 is 11.2 Å². The van der Waals surface area contributed by atoms with Crippen molar-refractivity contribution in [1.29, 1.82) is 0 Å². The summed E-state index contributed by atoms with van der Waals surface area (Å²) in [6, 6.07) is 4.47. The van der Waals surface area contributed by atoms with Crippen LogP contribution in [0.2, 0.25) is 0 Å². The molecule has 21 heavy (non-hydrogen) atoms. The summed E-state index contributed by atoms with van der Waals surface area (Å²) in [6.07, 6.45) is -3.04. The molecule has 3 aromatic rings. The van der Waals surface area contributed by atoms with Gasteiger partial charge in [-0.3, -0.25) is 9.36 Å². The second kappa shape index (κ2) is 4.44. The fraction of sp³-hybridized carbons (Fsp3) is 0.154. The second-order valence-corrected chi connectivity index (χ2v) is 4.48. The first kappa shape index (κ1) is 13.3. The van der Waals surface area contributed by atoms with Crippen molar-refractivity contribution in [1.82, 2.24) is 19.5 Å². The van der Waals surface area contributed by atoms with Gasteiger partial charge in [-0.2, -0.15) is 13.2 Å². The molecule has 0 aliphatic heterocycles. The molecule has 0 spiro atoms. The summed E-state index contributed by atoms with van der Waals surface area (Å²) in [7, 11) is 0. The van der Waals surface area contributed by atoms with Crippen molar-refractivity contribution in [2.75, 3.05) is 0 Å². The first-order chi connectivity index (χ1) is 9.86. The van der Waals surface area contributed by atoms with Gasteiger partial charge in [0.15, 0.2) is 11.2 Å². The fourth-order valence-corrected chi connectivity index (χ4v) is 2.05. The molecule has 2 aromatic heterocycles. The number of hydrogen-bond acceptors (Lipinski definition) is 3. The summed E-state index contributed by atoms with van der Waals surface area (Å²) in [6.45, 7) is 1.62. The van der Waals surface area contributed by atoms with Crippen LogP contribution in [0.25, 0.3) is 16.9 Å². The van der Waals surface area contributed by atoms with E-state index in [1.165, 1.54) is 23.0 Å². The normalized spacial score (nSPS) is 12.0. The maximum Gasteiger partial charge on any atom is 0.416 e. The highest BCUT2D eigenvalue weighted by molar-refractivity contribution is 5.72. The van der Waals surface area contributed by atoms with Gasteiger partial charge in [0, 0.05) is 5.69 Å². The Morgan fingerprint density at radius 1 is 1.19 bits per heavy atom. The third-order valence-electron chi connectivity index (χ3n) is 3.00. The van der Waals surface area contributed by atoms with Crippen LogP contribution in [0.4, 0.5) is 13.2 Å². The Kier molecular flexibility index (Phi) is 2.82. The first-order valence-corrected chi connectivity index (χ1v) is 5.98. The lowest BCUT2D eigenvalue weighted by Crippen LogP contribution is -2.13. The van der Waals surface area contributed by atoms with Gasteiger partial charge >= 0.3 is 6.18 Å². The molecule has 0 bridgehead atoms. The largest absolute Gasteiger partial charge is 0.416 e. The van der Waals surface area contributed by atoms with E-state index in [2.05, 4.69) is 15.0 Å². The molecule has 108 valence electrons. The molecule has 0 aliphatic rings. The maximum absolute atomic E-state index is 12.5. The number of imidazole rings is 1. The topological polar surface area (TPSA) is 63.6 Å². The summed E-state index contributed by atoms with van der Waals surface area (Å²) in [4.78, 5) is 22.6. The van der Waals surface area contributed by atoms with E-state index < -0.39 is 17.3 Å². The molecule has 0 saturated carbocycles. The number of benzene rings is 1. The van der Waals surface area contributed by atoms with Gasteiger partial charge in [-0.15, -0.1) is 0 Å². The predicted octanol–water partition coefficient (Wildman–Crippen LogP) is 2.44. The minimum atomic E-state index is -4.40. The van der Waals surface area contributed by atoms with E-state index >= 15 is 0 Å². The smallest absolute Gasteiger partial charge is 0.309 e. The van der Waals surface area contributed by atoms with E-state index in [1.54, 1.807) is 6.92 Å². The van der Waals surface area contributed by atoms with Crippen LogP contribution in [-0.4, -0.2) is 19.5 Å². The number of halogens is 3. The molecule has 8 heteroatoms. The standard InChI is InChI=1S/C13H9F3N4O/c1-7-18-11-10(12(21)19-7)20(6-17-11)9-4-2-8(3-5-9)13(14,15)16/h2-6H,1H3,(H,18,19,21). The van der Waals surface area contributed by atoms with Crippen LogP contribution in [0.3, 0.4) is 0 Å². The van der Waals surface area contributed by atoms with Crippen LogP contribution in [0, 0.1) is 6.92 Å². The van der Waals surface area contributed by atoms with Gasteiger partial charge in [-0.05, 0) is 31.2 Å². The number of fused-ring (bicyclic) bond motifs is 1. The molecule has 0 saturated heterocycles. The van der Waals surface area contributed by atoms with Crippen LogP contribution < -0.4 is 5.56 Å². The third kappa shape index (κ3) is 2.28. The Bertz CT molecular complexity index is 862. The second-order valence-electron chi connectivity index (χ2n) is 4.48. The van der Waals surface area contributed by atoms with Gasteiger partial charge in [-0.1, -0.05) is 0 Å². The average molecular weight is 294 g/mol. The van der Waals surface area contributed by atoms with Crippen molar-refractivity contribution in [3.8, 4) is 5.69 Å². The SMILES string of the molecule is Cc1nc2ncn(-c3ccc(C(F)(F)F)cc3)c2c(=O)[nH]1. The third-order valence-corrected chi connectivity index (χ3v) is 3.00. The van der Waals surface area contributed by atoms with E-state index in [1.807, 2.05) is 0 Å². The number of aryl methyl sites for hydroxylation is 1. The van der Waals surface area contributed by atoms with E-state index in [4.69, 9.17) is 0 Å². The molecule has 2 heterocycles. The Labute approximate surface area is 116 Å². The molecule has 5 nitrogen and oxygen atoms in total. The molecule has 0 radical (unpaired) electrons. The van der Waals surface area contributed by atoms with Gasteiger partial charge < -0.3 is 4.98 Å². The van der Waals surface area contributed by atoms with Crippen molar-refractivity contribution in [2.45, 2.75) is 13.1 Å². The number of nitrogens with one attached hydrogen (secondary N) is 1. The number of aromatic amines is 1. The highest BCUT2D eigenvalue weighted by Crippen LogP contribution is 2.29. The summed E-state index contributed by atoms with van der Waals surface area (Å²) in [5.41, 5.74) is -0.299. The maximum atomic E-state index is 12.5. The lowest BCUT2D eigenvalue weighted by atomic mass is 10.2. The van der Waals surface area contributed by atoms with Crippen molar-refractivity contribution in [3.63, 3.8) is 0 Å². The van der Waals surface area contributed by atoms with Crippen molar-refractivity contribution < 1.29 is 13.2 Å². The van der Waals surface area contributed by atoms with E-state index in [9.17, 15) is 18.0 Å². The van der Waals surface area contributed by atoms with Gasteiger partial charge in [0.25, 0.3) is 5.56 Å². The van der Waals surface area contributed by atoms with Gasteiger partial charge in [0.05, 0.1) is 5.56 Å². The van der Waals surface area contributed by atoms with Crippen LogP contribution >= 0.6 is 0 Å². The Balaban J connectivity index is 2.15. The number of hydrogen-bond donors (Lipinski definition) is 1. The van der Waals surface area contributed by atoms with E-state index in [-0.39, 0.29) is 11.2 Å². The molecule has 0 aliphatic carbocycles. The number of H-pyrrole nitrogens is 1. The van der Waals surface area contributed by atoms with E-state index in [0.717, 1.165) is 12.1 Å². The molecule has 0 atom stereocenters. The summed E-state index contributed by atoms with van der Waals surface area (Å²) in [5, 5.41) is 0. The fourth-order valence-electron chi connectivity index (χ4n) is 2.05. The minimum absolute atomic E-state index is 0.195. The number of aromatic nitrogens is 4. The minimum Gasteiger partial charge on any atom is -0.309 e. The van der Waals surface area contributed by atoms with Crippen LogP contribution in [0.15, 0.2) is 35.4 Å². The van der Waals surface area contributed by atoms with Gasteiger partial charge in [0.2, 0.25) is 0 Å². The zero-order chi connectivity index (χ0) is 15.2. The molecule has 3 rings (SSSR count). The molecular weight excluding hydrogens is 285 g/mol. The first-order valence-electron chi connectivity index (χ1n) is 5.98. The quantitative estimate of drug-likeness (QED) is 0.749. The zero-order valence-electron chi connectivity index (χ0n) is 10.8. The van der Waals surface area contributed by atoms with E-state index in [0.29, 0.717) is 11.5 Å². The van der Waals surface area contributed by atoms with Crippen LogP contribution in [0.1, 0.15) is 11.4 Å². The average Bonchev–Trinajstić information content (AvgIpc) is 2.81. The Morgan fingerprint density at radius 2 is 1.86 bits per heavy atom. The van der Waals surface area contributed by atoms with Crippen LogP contribution in [-0.2, 0) is 6.18 Å². The summed E-state index contributed by atoms with van der Waals surface area (Å²) in [5.74, 6) is 0.421. The summed E-state index contributed by atoms with van der Waals surface area (Å²) >= 11 is 0. The molecule has 0 amide bonds. The predicted molar refractivity (Wildman–Crippen MR) is 69.2 cm³/mol. The van der Waals surface area contributed by atoms with Crippen LogP contribution in [0.5, 0.6) is 0 Å². The van der Waals surface area contributed by atoms with Crippen molar-refractivity contribution in [3.05, 3.63) is 52.3 Å². The molecule has 1 N–H and O–H groups in total. The highest BCUT2D eigenvalue weighted by atomic mass is 19.4. The number of alkyl halides is 3. The van der Waals surface area contributed by atoms with Gasteiger partial charge in [0.1, 0.15) is 12.2 Å². The molecule has 0 unspecified atom stereocenters. The number of rotatable bonds is 1. The zero-order valence-corrected chi connectivity index (χ0v) is 10.8. The monoisotopic (exact) mass is 294 g/mol. The lowest BCUT2D eigenvalue weighted by molar-refractivity contribution is -0.137. The molecule has 1 aromatic carbocycles. The summed E-state index contributed by atoms with van der Waals surface area (Å²) < 4.78 is 39.0. The highest BCUT2D eigenvalue weighted by Gasteiger charge is 2.30. The van der Waals surface area contributed by atoms with Gasteiger partial charge in [-0.25, -0.2) is 9.97 Å².